The number of benzene rings is 2. The molecule has 2 amide bonds. The fourth-order valence-corrected chi connectivity index (χ4v) is 4.43. The summed E-state index contributed by atoms with van der Waals surface area (Å²) in [6, 6.07) is 10.9. The number of rotatable bonds is 5. The monoisotopic (exact) mass is 403 g/mol. The van der Waals surface area contributed by atoms with E-state index in [2.05, 4.69) is 19.9 Å². The number of hydrogen-bond donors (Lipinski definition) is 0. The van der Waals surface area contributed by atoms with E-state index in [9.17, 15) is 9.59 Å². The highest BCUT2D eigenvalue weighted by atomic mass is 35.5. The third-order valence-electron chi connectivity index (χ3n) is 4.70. The zero-order valence-corrected chi connectivity index (χ0v) is 17.4. The summed E-state index contributed by atoms with van der Waals surface area (Å²) in [5, 5.41) is -0.208. The van der Waals surface area contributed by atoms with Crippen LogP contribution in [0.2, 0.25) is 5.02 Å². The Morgan fingerprint density at radius 2 is 1.96 bits per heavy atom. The van der Waals surface area contributed by atoms with Gasteiger partial charge in [0, 0.05) is 5.02 Å². The van der Waals surface area contributed by atoms with Crippen LogP contribution in [0.15, 0.2) is 36.4 Å². The van der Waals surface area contributed by atoms with E-state index in [4.69, 9.17) is 16.3 Å². The molecule has 3 rings (SSSR count). The summed E-state index contributed by atoms with van der Waals surface area (Å²) >= 11 is 7.09. The van der Waals surface area contributed by atoms with Crippen LogP contribution in [0.5, 0.6) is 5.75 Å². The largest absolute Gasteiger partial charge is 0.496 e. The lowest BCUT2D eigenvalue weighted by molar-refractivity contribution is -0.117. The topological polar surface area (TPSA) is 46.6 Å². The van der Waals surface area contributed by atoms with Gasteiger partial charge < -0.3 is 4.74 Å². The molecule has 0 unspecified atom stereocenters. The molecule has 0 radical (unpaired) electrons. The van der Waals surface area contributed by atoms with E-state index in [1.54, 1.807) is 31.4 Å². The van der Waals surface area contributed by atoms with Crippen molar-refractivity contribution in [2.45, 2.75) is 38.4 Å². The first-order valence-electron chi connectivity index (χ1n) is 8.79. The molecule has 1 atom stereocenters. The van der Waals surface area contributed by atoms with Crippen LogP contribution in [-0.2, 0) is 11.2 Å². The van der Waals surface area contributed by atoms with Gasteiger partial charge in [-0.1, -0.05) is 49.3 Å². The molecule has 0 aromatic heterocycles. The first-order chi connectivity index (χ1) is 12.8. The second-order valence-corrected chi connectivity index (χ2v) is 8.50. The standard InChI is InChI=1S/C21H22ClNO3S/c1-12(2)17-9-14(13(3)8-18(17)26-4)10-19-20(24)23(21(25)27-19)16-7-5-6-15(22)11-16/h5-9,11-12,19H,10H2,1-4H3/t19-/m0/s1. The average molecular weight is 404 g/mol. The fraction of sp³-hybridized carbons (Fsp3) is 0.333. The van der Waals surface area contributed by atoms with E-state index >= 15 is 0 Å². The molecule has 1 fully saturated rings. The SMILES string of the molecule is COc1cc(C)c(C[C@@H]2SC(=O)N(c3cccc(Cl)c3)C2=O)cc1C(C)C. The Bertz CT molecular complexity index is 897. The van der Waals surface area contributed by atoms with Gasteiger partial charge in [0.1, 0.15) is 5.75 Å². The fourth-order valence-electron chi connectivity index (χ4n) is 3.23. The van der Waals surface area contributed by atoms with Crippen molar-refractivity contribution < 1.29 is 14.3 Å². The van der Waals surface area contributed by atoms with Crippen molar-refractivity contribution in [1.29, 1.82) is 0 Å². The van der Waals surface area contributed by atoms with Gasteiger partial charge in [0.15, 0.2) is 0 Å². The number of methoxy groups -OCH3 is 1. The highest BCUT2D eigenvalue weighted by Gasteiger charge is 2.40. The predicted octanol–water partition coefficient (Wildman–Crippen LogP) is 5.59. The van der Waals surface area contributed by atoms with E-state index in [1.807, 2.05) is 13.0 Å². The summed E-state index contributed by atoms with van der Waals surface area (Å²) in [5.41, 5.74) is 3.73. The Labute approximate surface area is 168 Å². The van der Waals surface area contributed by atoms with Crippen LogP contribution in [-0.4, -0.2) is 23.5 Å². The lowest BCUT2D eigenvalue weighted by Crippen LogP contribution is -2.32. The van der Waals surface area contributed by atoms with Gasteiger partial charge in [0.25, 0.3) is 5.24 Å². The number of halogens is 1. The molecule has 2 aromatic carbocycles. The normalized spacial score (nSPS) is 17.1. The van der Waals surface area contributed by atoms with Crippen molar-refractivity contribution >= 4 is 40.2 Å². The first kappa shape index (κ1) is 19.8. The summed E-state index contributed by atoms with van der Waals surface area (Å²) in [5.74, 6) is 0.956. The molecule has 0 N–H and O–H groups in total. The van der Waals surface area contributed by atoms with Crippen LogP contribution in [0.25, 0.3) is 0 Å². The summed E-state index contributed by atoms with van der Waals surface area (Å²) in [6.45, 7) is 6.22. The van der Waals surface area contributed by atoms with Gasteiger partial charge in [0.2, 0.25) is 5.91 Å². The maximum atomic E-state index is 12.9. The van der Waals surface area contributed by atoms with Crippen LogP contribution in [0.1, 0.15) is 36.5 Å². The van der Waals surface area contributed by atoms with Gasteiger partial charge in [-0.25, -0.2) is 4.90 Å². The molecule has 0 aliphatic carbocycles. The molecule has 0 bridgehead atoms. The van der Waals surface area contributed by atoms with E-state index in [0.29, 0.717) is 23.0 Å². The minimum absolute atomic E-state index is 0.200. The summed E-state index contributed by atoms with van der Waals surface area (Å²) in [6.07, 6.45) is 0.502. The Morgan fingerprint density at radius 3 is 2.59 bits per heavy atom. The minimum atomic E-state index is -0.441. The summed E-state index contributed by atoms with van der Waals surface area (Å²) in [7, 11) is 1.66. The van der Waals surface area contributed by atoms with Crippen molar-refractivity contribution in [3.05, 3.63) is 58.1 Å². The molecule has 1 saturated heterocycles. The maximum absolute atomic E-state index is 12.9. The van der Waals surface area contributed by atoms with Crippen molar-refractivity contribution in [2.75, 3.05) is 12.0 Å². The molecule has 2 aromatic rings. The average Bonchev–Trinajstić information content (AvgIpc) is 2.89. The van der Waals surface area contributed by atoms with Gasteiger partial charge >= 0.3 is 0 Å². The molecule has 142 valence electrons. The lowest BCUT2D eigenvalue weighted by Gasteiger charge is -2.18. The number of ether oxygens (including phenoxy) is 1. The number of carbonyl (C=O) groups is 2. The summed E-state index contributed by atoms with van der Waals surface area (Å²) in [4.78, 5) is 26.6. The molecule has 1 heterocycles. The van der Waals surface area contributed by atoms with Gasteiger partial charge in [-0.2, -0.15) is 0 Å². The molecule has 1 aliphatic rings. The predicted molar refractivity (Wildman–Crippen MR) is 111 cm³/mol. The van der Waals surface area contributed by atoms with E-state index in [-0.39, 0.29) is 11.1 Å². The van der Waals surface area contributed by atoms with Gasteiger partial charge in [-0.05, 0) is 60.2 Å². The highest BCUT2D eigenvalue weighted by molar-refractivity contribution is 8.15. The molecule has 4 nitrogen and oxygen atoms in total. The van der Waals surface area contributed by atoms with Crippen molar-refractivity contribution in [2.24, 2.45) is 0 Å². The Kier molecular flexibility index (Phi) is 5.82. The molecular formula is C21H22ClNO3S. The third kappa shape index (κ3) is 3.99. The Hall–Kier alpha value is -1.98. The number of thioether (sulfide) groups is 1. The van der Waals surface area contributed by atoms with Crippen molar-refractivity contribution in [3.8, 4) is 5.75 Å². The smallest absolute Gasteiger partial charge is 0.293 e. The zero-order chi connectivity index (χ0) is 19.7. The van der Waals surface area contributed by atoms with Crippen molar-refractivity contribution in [1.82, 2.24) is 0 Å². The number of carbonyl (C=O) groups excluding carboxylic acids is 2. The minimum Gasteiger partial charge on any atom is -0.496 e. The Morgan fingerprint density at radius 1 is 1.22 bits per heavy atom. The number of aryl methyl sites for hydroxylation is 1. The van der Waals surface area contributed by atoms with Crippen molar-refractivity contribution in [3.63, 3.8) is 0 Å². The number of amides is 2. The second-order valence-electron chi connectivity index (χ2n) is 6.91. The molecular weight excluding hydrogens is 382 g/mol. The lowest BCUT2D eigenvalue weighted by atomic mass is 9.94. The van der Waals surface area contributed by atoms with Gasteiger partial charge in [0.05, 0.1) is 18.0 Å². The first-order valence-corrected chi connectivity index (χ1v) is 10.0. The van der Waals surface area contributed by atoms with Crippen LogP contribution < -0.4 is 9.64 Å². The number of hydrogen-bond acceptors (Lipinski definition) is 4. The van der Waals surface area contributed by atoms with E-state index < -0.39 is 5.25 Å². The zero-order valence-electron chi connectivity index (χ0n) is 15.8. The maximum Gasteiger partial charge on any atom is 0.293 e. The van der Waals surface area contributed by atoms with E-state index in [1.165, 1.54) is 4.90 Å². The highest BCUT2D eigenvalue weighted by Crippen LogP contribution is 2.36. The third-order valence-corrected chi connectivity index (χ3v) is 5.98. The van der Waals surface area contributed by atoms with E-state index in [0.717, 1.165) is 34.2 Å². The molecule has 6 heteroatoms. The summed E-state index contributed by atoms with van der Waals surface area (Å²) < 4.78 is 5.49. The van der Waals surface area contributed by atoms with Crippen LogP contribution in [0.3, 0.4) is 0 Å². The second kappa shape index (κ2) is 7.95. The van der Waals surface area contributed by atoms with Gasteiger partial charge in [-0.3, -0.25) is 9.59 Å². The quantitative estimate of drug-likeness (QED) is 0.652. The Balaban J connectivity index is 1.88. The number of imide groups is 1. The molecule has 1 aliphatic heterocycles. The number of anilines is 1. The van der Waals surface area contributed by atoms with Crippen LogP contribution >= 0.6 is 23.4 Å². The number of nitrogens with zero attached hydrogens (tertiary/aromatic N) is 1. The van der Waals surface area contributed by atoms with Crippen LogP contribution in [0, 0.1) is 6.92 Å². The molecule has 0 spiro atoms. The van der Waals surface area contributed by atoms with Gasteiger partial charge in [-0.15, -0.1) is 0 Å². The molecule has 0 saturated carbocycles. The van der Waals surface area contributed by atoms with Crippen LogP contribution in [0.4, 0.5) is 10.5 Å². The molecule has 27 heavy (non-hydrogen) atoms.